The molecule has 0 radical (unpaired) electrons. The summed E-state index contributed by atoms with van der Waals surface area (Å²) in [4.78, 5) is 10.7. The average molecular weight is 255 g/mol. The van der Waals surface area contributed by atoms with Crippen LogP contribution in [0.3, 0.4) is 0 Å². The zero-order valence-electron chi connectivity index (χ0n) is 11.0. The highest BCUT2D eigenvalue weighted by atomic mass is 16.4. The topological polar surface area (TPSA) is 82.7 Å². The van der Waals surface area contributed by atoms with E-state index >= 15 is 0 Å². The number of hydrogen-bond donors (Lipinski definition) is 3. The molecule has 1 aromatic rings. The van der Waals surface area contributed by atoms with E-state index in [1.165, 1.54) is 6.07 Å². The van der Waals surface area contributed by atoms with Crippen LogP contribution in [-0.4, -0.2) is 28.8 Å². The van der Waals surface area contributed by atoms with Crippen molar-refractivity contribution < 1.29 is 19.4 Å². The van der Waals surface area contributed by atoms with Crippen LogP contribution in [0, 0.1) is 5.92 Å². The molecule has 0 amide bonds. The fourth-order valence-electron chi connectivity index (χ4n) is 1.90. The van der Waals surface area contributed by atoms with E-state index in [9.17, 15) is 9.90 Å². The van der Waals surface area contributed by atoms with E-state index < -0.39 is 5.97 Å². The molecule has 2 unspecified atom stereocenters. The van der Waals surface area contributed by atoms with Gasteiger partial charge < -0.3 is 19.9 Å². The number of carbonyl (C=O) groups is 1. The zero-order chi connectivity index (χ0) is 13.7. The van der Waals surface area contributed by atoms with Gasteiger partial charge in [0.05, 0.1) is 12.6 Å². The van der Waals surface area contributed by atoms with Gasteiger partial charge in [0.2, 0.25) is 5.76 Å². The Bertz CT molecular complexity index is 386. The molecule has 0 bridgehead atoms. The second-order valence-corrected chi connectivity index (χ2v) is 4.90. The summed E-state index contributed by atoms with van der Waals surface area (Å²) in [7, 11) is 0. The molecule has 0 aliphatic heterocycles. The summed E-state index contributed by atoms with van der Waals surface area (Å²) in [6, 6.07) is 2.93. The summed E-state index contributed by atoms with van der Waals surface area (Å²) in [5, 5.41) is 21.3. The summed E-state index contributed by atoms with van der Waals surface area (Å²) in [5.74, 6) is -0.0972. The van der Waals surface area contributed by atoms with Gasteiger partial charge >= 0.3 is 5.97 Å². The van der Waals surface area contributed by atoms with Gasteiger partial charge in [0.1, 0.15) is 5.76 Å². The number of rotatable bonds is 7. The Kier molecular flexibility index (Phi) is 5.37. The number of nitrogens with one attached hydrogen (secondary N) is 1. The van der Waals surface area contributed by atoms with Crippen LogP contribution in [-0.2, 0) is 0 Å². The Labute approximate surface area is 107 Å². The molecule has 1 aromatic heterocycles. The molecule has 0 saturated heterocycles. The van der Waals surface area contributed by atoms with Crippen molar-refractivity contribution in [2.24, 2.45) is 5.92 Å². The van der Waals surface area contributed by atoms with Crippen molar-refractivity contribution in [1.29, 1.82) is 0 Å². The molecule has 0 saturated carbocycles. The lowest BCUT2D eigenvalue weighted by Gasteiger charge is -2.21. The van der Waals surface area contributed by atoms with Gasteiger partial charge in [-0.3, -0.25) is 0 Å². The van der Waals surface area contributed by atoms with Crippen molar-refractivity contribution in [3.8, 4) is 0 Å². The largest absolute Gasteiger partial charge is 0.475 e. The Morgan fingerprint density at radius 1 is 1.39 bits per heavy atom. The lowest BCUT2D eigenvalue weighted by Crippen LogP contribution is -2.35. The maximum Gasteiger partial charge on any atom is 0.371 e. The van der Waals surface area contributed by atoms with Gasteiger partial charge in [-0.1, -0.05) is 13.8 Å². The van der Waals surface area contributed by atoms with E-state index in [0.29, 0.717) is 11.7 Å². The number of furan rings is 1. The normalized spacial score (nSPS) is 14.7. The van der Waals surface area contributed by atoms with Crippen LogP contribution in [0.4, 0.5) is 0 Å². The maximum atomic E-state index is 10.7. The van der Waals surface area contributed by atoms with Gasteiger partial charge in [-0.05, 0) is 31.4 Å². The molecule has 5 nitrogen and oxygen atoms in total. The van der Waals surface area contributed by atoms with Gasteiger partial charge in [-0.2, -0.15) is 0 Å². The minimum Gasteiger partial charge on any atom is -0.475 e. The minimum atomic E-state index is -1.07. The first-order valence-corrected chi connectivity index (χ1v) is 6.14. The number of hydrogen-bond acceptors (Lipinski definition) is 4. The fraction of sp³-hybridized carbons (Fsp3) is 0.615. The summed E-state index contributed by atoms with van der Waals surface area (Å²) in [6.07, 6.45) is 0.855. The van der Waals surface area contributed by atoms with Crippen LogP contribution in [0.15, 0.2) is 16.5 Å². The molecule has 0 spiro atoms. The highest BCUT2D eigenvalue weighted by Gasteiger charge is 2.18. The molecule has 2 atom stereocenters. The molecule has 1 heterocycles. The molecule has 3 N–H and O–H groups in total. The Morgan fingerprint density at radius 3 is 2.50 bits per heavy atom. The Hall–Kier alpha value is -1.33. The molecule has 0 aromatic carbocycles. The molecule has 0 aliphatic rings. The van der Waals surface area contributed by atoms with E-state index in [-0.39, 0.29) is 24.5 Å². The van der Waals surface area contributed by atoms with Gasteiger partial charge in [0.15, 0.2) is 0 Å². The molecule has 102 valence electrons. The zero-order valence-corrected chi connectivity index (χ0v) is 11.0. The first-order chi connectivity index (χ1) is 8.43. The third-order valence-electron chi connectivity index (χ3n) is 2.73. The smallest absolute Gasteiger partial charge is 0.371 e. The van der Waals surface area contributed by atoms with Crippen molar-refractivity contribution in [1.82, 2.24) is 5.32 Å². The van der Waals surface area contributed by atoms with E-state index in [0.717, 1.165) is 6.42 Å². The van der Waals surface area contributed by atoms with Gasteiger partial charge in [0, 0.05) is 6.04 Å². The van der Waals surface area contributed by atoms with Crippen LogP contribution in [0.1, 0.15) is 49.5 Å². The molecule has 0 aliphatic carbocycles. The maximum absolute atomic E-state index is 10.7. The second-order valence-electron chi connectivity index (χ2n) is 4.90. The lowest BCUT2D eigenvalue weighted by molar-refractivity contribution is 0.0659. The number of aliphatic hydroxyl groups excluding tert-OH is 1. The van der Waals surface area contributed by atoms with Gasteiger partial charge in [0.25, 0.3) is 0 Å². The first-order valence-electron chi connectivity index (χ1n) is 6.14. The molecular weight excluding hydrogens is 234 g/mol. The van der Waals surface area contributed by atoms with Crippen molar-refractivity contribution in [2.45, 2.75) is 39.3 Å². The third kappa shape index (κ3) is 4.16. The van der Waals surface area contributed by atoms with Gasteiger partial charge in [-0.25, -0.2) is 4.79 Å². The molecule has 0 fully saturated rings. The standard InChI is InChI=1S/C13H21NO4/c1-8(2)6-10(7-15)14-9(3)11-4-5-12(18-11)13(16)17/h4-5,8-10,14-15H,6-7H2,1-3H3,(H,16,17). The highest BCUT2D eigenvalue weighted by molar-refractivity contribution is 5.84. The summed E-state index contributed by atoms with van der Waals surface area (Å²) in [5.41, 5.74) is 0. The predicted molar refractivity (Wildman–Crippen MR) is 67.5 cm³/mol. The molecule has 18 heavy (non-hydrogen) atoms. The SMILES string of the molecule is CC(C)CC(CO)NC(C)c1ccc(C(=O)O)o1. The fourth-order valence-corrected chi connectivity index (χ4v) is 1.90. The number of aromatic carboxylic acids is 1. The number of carboxylic acids is 1. The van der Waals surface area contributed by atoms with Crippen LogP contribution in [0.5, 0.6) is 0 Å². The lowest BCUT2D eigenvalue weighted by atomic mass is 10.0. The van der Waals surface area contributed by atoms with E-state index in [1.54, 1.807) is 6.07 Å². The molecular formula is C13H21NO4. The minimum absolute atomic E-state index is 0.0154. The van der Waals surface area contributed by atoms with Crippen LogP contribution < -0.4 is 5.32 Å². The molecule has 5 heteroatoms. The predicted octanol–water partition coefficient (Wildman–Crippen LogP) is 2.04. The van der Waals surface area contributed by atoms with E-state index in [1.807, 2.05) is 6.92 Å². The average Bonchev–Trinajstić information content (AvgIpc) is 2.76. The Balaban J connectivity index is 2.62. The summed E-state index contributed by atoms with van der Waals surface area (Å²) >= 11 is 0. The van der Waals surface area contributed by atoms with Crippen LogP contribution >= 0.6 is 0 Å². The first kappa shape index (κ1) is 14.7. The van der Waals surface area contributed by atoms with Crippen molar-refractivity contribution in [2.75, 3.05) is 6.61 Å². The van der Waals surface area contributed by atoms with Crippen molar-refractivity contribution >= 4 is 5.97 Å². The number of aliphatic hydroxyl groups is 1. The molecule has 1 rings (SSSR count). The third-order valence-corrected chi connectivity index (χ3v) is 2.73. The summed E-state index contributed by atoms with van der Waals surface area (Å²) < 4.78 is 5.21. The van der Waals surface area contributed by atoms with Gasteiger partial charge in [-0.15, -0.1) is 0 Å². The monoisotopic (exact) mass is 255 g/mol. The van der Waals surface area contributed by atoms with Crippen LogP contribution in [0.2, 0.25) is 0 Å². The Morgan fingerprint density at radius 2 is 2.06 bits per heavy atom. The van der Waals surface area contributed by atoms with Crippen LogP contribution in [0.25, 0.3) is 0 Å². The highest BCUT2D eigenvalue weighted by Crippen LogP contribution is 2.18. The van der Waals surface area contributed by atoms with Crippen molar-refractivity contribution in [3.63, 3.8) is 0 Å². The van der Waals surface area contributed by atoms with E-state index in [2.05, 4.69) is 19.2 Å². The van der Waals surface area contributed by atoms with E-state index in [4.69, 9.17) is 9.52 Å². The number of carboxylic acid groups (broad SMARTS) is 1. The second kappa shape index (κ2) is 6.56. The summed E-state index contributed by atoms with van der Waals surface area (Å²) in [6.45, 7) is 6.11. The van der Waals surface area contributed by atoms with Crippen molar-refractivity contribution in [3.05, 3.63) is 23.7 Å². The quantitative estimate of drug-likeness (QED) is 0.694.